The van der Waals surface area contributed by atoms with Crippen LogP contribution in [0.5, 0.6) is 5.75 Å². The number of aliphatic hydroxyl groups excluding tert-OH is 1. The topological polar surface area (TPSA) is 133 Å². The molecule has 1 aliphatic heterocycles. The van der Waals surface area contributed by atoms with Crippen molar-refractivity contribution < 1.29 is 31.5 Å². The lowest BCUT2D eigenvalue weighted by Crippen LogP contribution is -2.48. The third-order valence-electron chi connectivity index (χ3n) is 5.22. The zero-order valence-electron chi connectivity index (χ0n) is 18.4. The lowest BCUT2D eigenvalue weighted by atomic mass is 10.0. The number of benzene rings is 1. The summed E-state index contributed by atoms with van der Waals surface area (Å²) in [5.41, 5.74) is 0.756. The molecule has 31 heavy (non-hydrogen) atoms. The Hall–Kier alpha value is -1.89. The summed E-state index contributed by atoms with van der Waals surface area (Å²) in [5.74, 6) is -0.113. The maximum atomic E-state index is 13.0. The molecule has 0 radical (unpaired) electrons. The van der Waals surface area contributed by atoms with Crippen molar-refractivity contribution in [2.24, 2.45) is 5.92 Å². The second-order valence-electron chi connectivity index (χ2n) is 8.13. The Balaban J connectivity index is 2.50. The molecule has 0 saturated carbocycles. The van der Waals surface area contributed by atoms with Crippen LogP contribution in [-0.4, -0.2) is 88.5 Å². The first kappa shape index (κ1) is 25.4. The van der Waals surface area contributed by atoms with Gasteiger partial charge < -0.3 is 14.7 Å². The average Bonchev–Trinajstić information content (AvgIpc) is 2.68. The van der Waals surface area contributed by atoms with Gasteiger partial charge in [0, 0.05) is 30.8 Å². The lowest BCUT2D eigenvalue weighted by Gasteiger charge is -2.33. The Bertz CT molecular complexity index is 1010. The molecule has 176 valence electrons. The van der Waals surface area contributed by atoms with E-state index in [1.807, 2.05) is 6.92 Å². The van der Waals surface area contributed by atoms with Gasteiger partial charge in [-0.1, -0.05) is 6.92 Å². The fourth-order valence-electron chi connectivity index (χ4n) is 3.31. The van der Waals surface area contributed by atoms with Crippen molar-refractivity contribution in [3.05, 3.63) is 23.8 Å². The van der Waals surface area contributed by atoms with Gasteiger partial charge in [-0.25, -0.2) is 21.1 Å². The van der Waals surface area contributed by atoms with Gasteiger partial charge in [0.1, 0.15) is 11.9 Å². The molecule has 2 N–H and O–H groups in total. The average molecular weight is 478 g/mol. The molecule has 1 aromatic carbocycles. The van der Waals surface area contributed by atoms with Crippen LogP contribution in [0, 0.1) is 5.92 Å². The molecule has 1 amide bonds. The summed E-state index contributed by atoms with van der Waals surface area (Å²) in [4.78, 5) is 14.6. The van der Waals surface area contributed by atoms with E-state index in [0.29, 0.717) is 11.3 Å². The molecule has 0 aliphatic carbocycles. The van der Waals surface area contributed by atoms with E-state index in [4.69, 9.17) is 4.74 Å². The monoisotopic (exact) mass is 477 g/mol. The number of likely N-dealkylation sites (N-methyl/N-ethyl adjacent to an activating group) is 1. The molecular weight excluding hydrogens is 446 g/mol. The maximum Gasteiger partial charge on any atom is 0.229 e. The number of hydrogen-bond donors (Lipinski definition) is 2. The first-order chi connectivity index (χ1) is 14.2. The second kappa shape index (κ2) is 9.72. The van der Waals surface area contributed by atoms with Gasteiger partial charge in [-0.15, -0.1) is 0 Å². The second-order valence-corrected chi connectivity index (χ2v) is 12.0. The smallest absolute Gasteiger partial charge is 0.229 e. The number of fused-ring (bicyclic) bond motifs is 1. The molecule has 0 saturated heterocycles. The maximum absolute atomic E-state index is 13.0. The van der Waals surface area contributed by atoms with Crippen LogP contribution < -0.4 is 9.46 Å². The Morgan fingerprint density at radius 2 is 1.94 bits per heavy atom. The van der Waals surface area contributed by atoms with Crippen molar-refractivity contribution in [1.29, 1.82) is 0 Å². The van der Waals surface area contributed by atoms with Crippen LogP contribution in [-0.2, 0) is 31.3 Å². The number of nitrogens with one attached hydrogen (secondary N) is 1. The minimum atomic E-state index is -3.51. The zero-order valence-corrected chi connectivity index (χ0v) is 20.0. The summed E-state index contributed by atoms with van der Waals surface area (Å²) in [5, 5.41) is 9.62. The van der Waals surface area contributed by atoms with E-state index < -0.39 is 32.2 Å². The van der Waals surface area contributed by atoms with E-state index in [9.17, 15) is 26.7 Å². The van der Waals surface area contributed by atoms with Crippen molar-refractivity contribution in [3.63, 3.8) is 0 Å². The first-order valence-corrected chi connectivity index (χ1v) is 13.5. The molecule has 1 heterocycles. The molecule has 10 nitrogen and oxygen atoms in total. The molecule has 3 atom stereocenters. The van der Waals surface area contributed by atoms with Gasteiger partial charge in [-0.3, -0.25) is 9.52 Å². The highest BCUT2D eigenvalue weighted by molar-refractivity contribution is 7.92. The molecule has 12 heteroatoms. The van der Waals surface area contributed by atoms with Crippen molar-refractivity contribution in [2.45, 2.75) is 32.4 Å². The number of aliphatic hydroxyl groups is 1. The fraction of sp³-hybridized carbons (Fsp3) is 0.632. The number of anilines is 1. The van der Waals surface area contributed by atoms with E-state index in [1.54, 1.807) is 17.9 Å². The van der Waals surface area contributed by atoms with Crippen molar-refractivity contribution >= 4 is 31.6 Å². The number of nitrogens with zero attached hydrogens (tertiary/aromatic N) is 2. The molecule has 0 aromatic heterocycles. The lowest BCUT2D eigenvalue weighted by molar-refractivity contribution is -0.134. The highest BCUT2D eigenvalue weighted by Crippen LogP contribution is 2.29. The van der Waals surface area contributed by atoms with E-state index in [-0.39, 0.29) is 43.6 Å². The predicted molar refractivity (Wildman–Crippen MR) is 118 cm³/mol. The van der Waals surface area contributed by atoms with Crippen LogP contribution in [0.3, 0.4) is 0 Å². The Kier molecular flexibility index (Phi) is 7.95. The summed E-state index contributed by atoms with van der Waals surface area (Å²) in [6.07, 6.45) is 1.50. The third-order valence-corrected chi connectivity index (χ3v) is 7.11. The number of ether oxygens (including phenoxy) is 1. The van der Waals surface area contributed by atoms with Crippen LogP contribution in [0.1, 0.15) is 19.4 Å². The first-order valence-electron chi connectivity index (χ1n) is 9.80. The standard InChI is InChI=1S/C19H31N3O7S2/c1-13-10-22(14(2)12-23)19(24)9-15-8-16(20-30(4,25)26)6-7-17(15)29-18(13)11-21(3)31(5,27)28/h6-8,13-14,18,20,23H,9-12H2,1-5H3/t13-,14+,18+/m1/s1. The Labute approximate surface area is 184 Å². The number of sulfonamides is 2. The largest absolute Gasteiger partial charge is 0.488 e. The number of hydrogen-bond acceptors (Lipinski definition) is 7. The highest BCUT2D eigenvalue weighted by Gasteiger charge is 2.32. The molecular formula is C19H31N3O7S2. The van der Waals surface area contributed by atoms with Crippen LogP contribution in [0.2, 0.25) is 0 Å². The van der Waals surface area contributed by atoms with E-state index in [1.165, 1.54) is 23.5 Å². The number of carbonyl (C=O) groups is 1. The summed E-state index contributed by atoms with van der Waals surface area (Å²) in [7, 11) is -5.51. The molecule has 0 bridgehead atoms. The molecule has 0 spiro atoms. The van der Waals surface area contributed by atoms with Gasteiger partial charge in [-0.05, 0) is 25.1 Å². The fourth-order valence-corrected chi connectivity index (χ4v) is 4.29. The third kappa shape index (κ3) is 7.06. The minimum absolute atomic E-state index is 0.0552. The summed E-state index contributed by atoms with van der Waals surface area (Å²) in [6.45, 7) is 3.69. The Morgan fingerprint density at radius 1 is 1.29 bits per heavy atom. The van der Waals surface area contributed by atoms with Gasteiger partial charge in [0.05, 0.1) is 38.1 Å². The molecule has 2 rings (SSSR count). The van der Waals surface area contributed by atoms with Crippen molar-refractivity contribution in [1.82, 2.24) is 9.21 Å². The van der Waals surface area contributed by atoms with Crippen molar-refractivity contribution in [2.75, 3.05) is 44.0 Å². The van der Waals surface area contributed by atoms with Gasteiger partial charge in [-0.2, -0.15) is 0 Å². The number of amides is 1. The van der Waals surface area contributed by atoms with Crippen LogP contribution >= 0.6 is 0 Å². The quantitative estimate of drug-likeness (QED) is 0.569. The van der Waals surface area contributed by atoms with Gasteiger partial charge in [0.2, 0.25) is 26.0 Å². The van der Waals surface area contributed by atoms with E-state index in [2.05, 4.69) is 4.72 Å². The van der Waals surface area contributed by atoms with Crippen LogP contribution in [0.15, 0.2) is 18.2 Å². The summed E-state index contributed by atoms with van der Waals surface area (Å²) in [6, 6.07) is 4.19. The zero-order chi connectivity index (χ0) is 23.6. The van der Waals surface area contributed by atoms with Crippen molar-refractivity contribution in [3.8, 4) is 5.75 Å². The van der Waals surface area contributed by atoms with Crippen LogP contribution in [0.25, 0.3) is 0 Å². The predicted octanol–water partition coefficient (Wildman–Crippen LogP) is 0.0985. The van der Waals surface area contributed by atoms with Gasteiger partial charge >= 0.3 is 0 Å². The van der Waals surface area contributed by atoms with Gasteiger partial charge in [0.25, 0.3) is 0 Å². The summed E-state index contributed by atoms with van der Waals surface area (Å²) >= 11 is 0. The molecule has 1 aliphatic rings. The van der Waals surface area contributed by atoms with Crippen LogP contribution in [0.4, 0.5) is 5.69 Å². The van der Waals surface area contributed by atoms with E-state index in [0.717, 1.165) is 12.5 Å². The Morgan fingerprint density at radius 3 is 2.48 bits per heavy atom. The molecule has 1 aromatic rings. The van der Waals surface area contributed by atoms with E-state index >= 15 is 0 Å². The normalized spacial score (nSPS) is 21.5. The summed E-state index contributed by atoms with van der Waals surface area (Å²) < 4.78 is 56.8. The molecule has 0 fully saturated rings. The molecule has 0 unspecified atom stereocenters. The SMILES string of the molecule is C[C@@H]1CN([C@@H](C)CO)C(=O)Cc2cc(NS(C)(=O)=O)ccc2O[C@H]1CN(C)S(C)(=O)=O. The number of carbonyl (C=O) groups excluding carboxylic acids is 1. The van der Waals surface area contributed by atoms with Gasteiger partial charge in [0.15, 0.2) is 0 Å². The highest BCUT2D eigenvalue weighted by atomic mass is 32.2. The number of rotatable bonds is 7. The minimum Gasteiger partial charge on any atom is -0.488 e.